The van der Waals surface area contributed by atoms with Crippen molar-refractivity contribution < 1.29 is 13.7 Å². The lowest BCUT2D eigenvalue weighted by atomic mass is 10.2. The fourth-order valence-corrected chi connectivity index (χ4v) is 1.31. The van der Waals surface area contributed by atoms with Crippen LogP contribution in [0.4, 0.5) is 0 Å². The van der Waals surface area contributed by atoms with E-state index < -0.39 is 5.97 Å². The van der Waals surface area contributed by atoms with Gasteiger partial charge in [-0.25, -0.2) is 4.79 Å². The standard InChI is InChI=1S/C8H11IO3S/c1-11-8(10)6-4-2-3-5-7-12-13-9/h2-3,5,7H2,1H3. The van der Waals surface area contributed by atoms with Crippen molar-refractivity contribution in [3.05, 3.63) is 0 Å². The molecule has 0 saturated carbocycles. The highest BCUT2D eigenvalue weighted by molar-refractivity contribution is 14.2. The van der Waals surface area contributed by atoms with E-state index in [1.54, 1.807) is 0 Å². The van der Waals surface area contributed by atoms with E-state index in [2.05, 4.69) is 37.8 Å². The van der Waals surface area contributed by atoms with Gasteiger partial charge in [-0.05, 0) is 12.8 Å². The van der Waals surface area contributed by atoms with Crippen LogP contribution >= 0.6 is 30.4 Å². The molecule has 0 aliphatic carbocycles. The summed E-state index contributed by atoms with van der Waals surface area (Å²) in [6.45, 7) is 0.730. The molecule has 0 heterocycles. The van der Waals surface area contributed by atoms with Gasteiger partial charge in [0, 0.05) is 33.5 Å². The van der Waals surface area contributed by atoms with Gasteiger partial charge in [-0.2, -0.15) is 0 Å². The van der Waals surface area contributed by atoms with E-state index in [1.807, 2.05) is 0 Å². The Balaban J connectivity index is 3.23. The molecule has 0 aromatic heterocycles. The first-order valence-electron chi connectivity index (χ1n) is 3.78. The Morgan fingerprint density at radius 2 is 2.31 bits per heavy atom. The van der Waals surface area contributed by atoms with Crippen LogP contribution in [0.3, 0.4) is 0 Å². The molecule has 0 aliphatic rings. The molecule has 0 amide bonds. The van der Waals surface area contributed by atoms with E-state index >= 15 is 0 Å². The van der Waals surface area contributed by atoms with Crippen molar-refractivity contribution >= 4 is 36.4 Å². The van der Waals surface area contributed by atoms with Gasteiger partial charge in [0.05, 0.1) is 22.9 Å². The predicted molar refractivity (Wildman–Crippen MR) is 61.2 cm³/mol. The topological polar surface area (TPSA) is 35.5 Å². The number of carbonyl (C=O) groups is 1. The molecular formula is C8H11IO3S. The average Bonchev–Trinajstić information content (AvgIpc) is 2.16. The van der Waals surface area contributed by atoms with Crippen molar-refractivity contribution in [2.45, 2.75) is 19.3 Å². The number of ether oxygens (including phenoxy) is 1. The predicted octanol–water partition coefficient (Wildman–Crippen LogP) is 2.35. The number of unbranched alkanes of at least 4 members (excludes halogenated alkanes) is 2. The Morgan fingerprint density at radius 1 is 1.54 bits per heavy atom. The lowest BCUT2D eigenvalue weighted by Gasteiger charge is -1.94. The Bertz CT molecular complexity index is 197. The molecule has 0 atom stereocenters. The monoisotopic (exact) mass is 314 g/mol. The van der Waals surface area contributed by atoms with Crippen molar-refractivity contribution in [2.24, 2.45) is 0 Å². The number of carbonyl (C=O) groups excluding carboxylic acids is 1. The third kappa shape index (κ3) is 9.99. The number of hydrogen-bond donors (Lipinski definition) is 0. The molecule has 0 radical (unpaired) electrons. The molecule has 0 aliphatic heterocycles. The smallest absolute Gasteiger partial charge is 0.384 e. The van der Waals surface area contributed by atoms with Crippen LogP contribution in [0.2, 0.25) is 0 Å². The fourth-order valence-electron chi connectivity index (χ4n) is 0.592. The fraction of sp³-hybridized carbons (Fsp3) is 0.625. The summed E-state index contributed by atoms with van der Waals surface area (Å²) in [5.74, 6) is 4.62. The maximum absolute atomic E-state index is 10.5. The summed E-state index contributed by atoms with van der Waals surface area (Å²) >= 11 is 2.07. The Hall–Kier alpha value is 0.0700. The van der Waals surface area contributed by atoms with Gasteiger partial charge in [-0.3, -0.25) is 0 Å². The second kappa shape index (κ2) is 10.2. The van der Waals surface area contributed by atoms with Crippen molar-refractivity contribution in [2.75, 3.05) is 13.7 Å². The summed E-state index contributed by atoms with van der Waals surface area (Å²) in [7, 11) is 2.66. The SMILES string of the molecule is COC(=O)C#CCCCCOSI. The number of rotatable bonds is 5. The molecule has 0 rings (SSSR count). The van der Waals surface area contributed by atoms with Gasteiger partial charge in [0.15, 0.2) is 0 Å². The van der Waals surface area contributed by atoms with Crippen molar-refractivity contribution in [1.82, 2.24) is 0 Å². The zero-order valence-electron chi connectivity index (χ0n) is 7.34. The summed E-state index contributed by atoms with van der Waals surface area (Å²) in [5, 5.41) is 0. The van der Waals surface area contributed by atoms with Gasteiger partial charge >= 0.3 is 5.97 Å². The molecule has 0 aromatic carbocycles. The minimum atomic E-state index is -0.473. The van der Waals surface area contributed by atoms with Crippen LogP contribution in [-0.2, 0) is 13.7 Å². The van der Waals surface area contributed by atoms with Gasteiger partial charge in [-0.1, -0.05) is 5.92 Å². The molecule has 0 spiro atoms. The Labute approximate surface area is 94.7 Å². The van der Waals surface area contributed by atoms with E-state index in [0.717, 1.165) is 19.4 Å². The van der Waals surface area contributed by atoms with Crippen LogP contribution < -0.4 is 0 Å². The average molecular weight is 314 g/mol. The molecule has 0 N–H and O–H groups in total. The summed E-state index contributed by atoms with van der Waals surface area (Å²) < 4.78 is 9.40. The minimum absolute atomic E-state index is 0.473. The molecule has 13 heavy (non-hydrogen) atoms. The second-order valence-electron chi connectivity index (χ2n) is 2.14. The number of halogens is 1. The molecular weight excluding hydrogens is 303 g/mol. The van der Waals surface area contributed by atoms with E-state index in [4.69, 9.17) is 4.18 Å². The highest BCUT2D eigenvalue weighted by Crippen LogP contribution is 2.12. The van der Waals surface area contributed by atoms with E-state index in [1.165, 1.54) is 16.3 Å². The zero-order valence-corrected chi connectivity index (χ0v) is 10.3. The summed E-state index contributed by atoms with van der Waals surface area (Å²) in [6.07, 6.45) is 2.62. The van der Waals surface area contributed by atoms with Crippen LogP contribution in [0.5, 0.6) is 0 Å². The van der Waals surface area contributed by atoms with Crippen molar-refractivity contribution in [3.8, 4) is 11.8 Å². The van der Waals surface area contributed by atoms with Crippen LogP contribution in [0.25, 0.3) is 0 Å². The third-order valence-electron chi connectivity index (χ3n) is 1.20. The van der Waals surface area contributed by atoms with Crippen molar-refractivity contribution in [3.63, 3.8) is 0 Å². The van der Waals surface area contributed by atoms with Crippen molar-refractivity contribution in [1.29, 1.82) is 0 Å². The van der Waals surface area contributed by atoms with Gasteiger partial charge in [-0.15, -0.1) is 0 Å². The largest absolute Gasteiger partial charge is 0.459 e. The first-order valence-corrected chi connectivity index (χ1v) is 7.06. The highest BCUT2D eigenvalue weighted by atomic mass is 127. The van der Waals surface area contributed by atoms with E-state index in [0.29, 0.717) is 6.42 Å². The highest BCUT2D eigenvalue weighted by Gasteiger charge is 1.89. The number of esters is 1. The second-order valence-corrected chi connectivity index (χ2v) is 3.58. The lowest BCUT2D eigenvalue weighted by Crippen LogP contribution is -1.94. The molecule has 5 heteroatoms. The normalized spacial score (nSPS) is 8.77. The summed E-state index contributed by atoms with van der Waals surface area (Å²) in [4.78, 5) is 10.5. The van der Waals surface area contributed by atoms with Crippen LogP contribution in [0.15, 0.2) is 0 Å². The Morgan fingerprint density at radius 3 is 2.92 bits per heavy atom. The first-order chi connectivity index (χ1) is 6.31. The summed E-state index contributed by atoms with van der Waals surface area (Å²) in [6, 6.07) is 0. The summed E-state index contributed by atoms with van der Waals surface area (Å²) in [5.41, 5.74) is 0. The first kappa shape index (κ1) is 13.1. The molecule has 0 bridgehead atoms. The molecule has 74 valence electrons. The van der Waals surface area contributed by atoms with Crippen LogP contribution in [0, 0.1) is 11.8 Å². The quantitative estimate of drug-likeness (QED) is 0.195. The molecule has 0 unspecified atom stereocenters. The Kier molecular flexibility index (Phi) is 10.2. The van der Waals surface area contributed by atoms with Gasteiger partial charge in [0.1, 0.15) is 0 Å². The molecule has 0 aromatic rings. The zero-order chi connectivity index (χ0) is 9.94. The van der Waals surface area contributed by atoms with E-state index in [9.17, 15) is 4.79 Å². The van der Waals surface area contributed by atoms with E-state index in [-0.39, 0.29) is 0 Å². The third-order valence-corrected chi connectivity index (χ3v) is 2.22. The van der Waals surface area contributed by atoms with Gasteiger partial charge in [0.25, 0.3) is 0 Å². The van der Waals surface area contributed by atoms with Gasteiger partial charge in [0.2, 0.25) is 0 Å². The minimum Gasteiger partial charge on any atom is -0.459 e. The molecule has 0 fully saturated rings. The maximum atomic E-state index is 10.5. The molecule has 0 saturated heterocycles. The molecule has 3 nitrogen and oxygen atoms in total. The van der Waals surface area contributed by atoms with Crippen LogP contribution in [-0.4, -0.2) is 19.7 Å². The number of hydrogen-bond acceptors (Lipinski definition) is 4. The maximum Gasteiger partial charge on any atom is 0.384 e. The van der Waals surface area contributed by atoms with Gasteiger partial charge < -0.3 is 8.92 Å². The van der Waals surface area contributed by atoms with Crippen LogP contribution in [0.1, 0.15) is 19.3 Å². The number of methoxy groups -OCH3 is 1. The lowest BCUT2D eigenvalue weighted by molar-refractivity contribution is -0.133.